The van der Waals surface area contributed by atoms with Crippen LogP contribution in [-0.4, -0.2) is 36.7 Å². The molecule has 0 aliphatic carbocycles. The Morgan fingerprint density at radius 1 is 0.889 bits per heavy atom. The summed E-state index contributed by atoms with van der Waals surface area (Å²) in [7, 11) is 1.55. The largest absolute Gasteiger partial charge is 0.497 e. The van der Waals surface area contributed by atoms with Gasteiger partial charge in [-0.1, -0.05) is 66.7 Å². The first-order valence-corrected chi connectivity index (χ1v) is 14.5. The van der Waals surface area contributed by atoms with Crippen molar-refractivity contribution < 1.29 is 33.0 Å². The van der Waals surface area contributed by atoms with Crippen LogP contribution in [0.2, 0.25) is 0 Å². The maximum Gasteiger partial charge on any atom is 0.408 e. The Morgan fingerprint density at radius 3 is 2.07 bits per heavy atom. The number of amides is 2. The molecule has 45 heavy (non-hydrogen) atoms. The average Bonchev–Trinajstić information content (AvgIpc) is 3.31. The van der Waals surface area contributed by atoms with Crippen molar-refractivity contribution in [2.45, 2.75) is 51.2 Å². The molecule has 9 heteroatoms. The molecule has 0 fully saturated rings. The lowest BCUT2D eigenvalue weighted by molar-refractivity contribution is -0.136. The molecule has 1 aliphatic rings. The first-order valence-electron chi connectivity index (χ1n) is 14.5. The molecule has 0 spiro atoms. The minimum Gasteiger partial charge on any atom is -0.497 e. The summed E-state index contributed by atoms with van der Waals surface area (Å²) in [6.45, 7) is 6.84. The fourth-order valence-corrected chi connectivity index (χ4v) is 5.48. The molecule has 4 aromatic carbocycles. The Morgan fingerprint density at radius 2 is 1.49 bits per heavy atom. The number of ether oxygens (including phenoxy) is 3. The second kappa shape index (κ2) is 12.4. The van der Waals surface area contributed by atoms with Crippen molar-refractivity contribution in [1.82, 2.24) is 5.32 Å². The number of rotatable bonds is 8. The first kappa shape index (κ1) is 31.3. The third kappa shape index (κ3) is 6.38. The fraction of sp³-hybridized carbons (Fsp3) is 0.250. The van der Waals surface area contributed by atoms with E-state index >= 15 is 4.39 Å². The molecule has 8 nitrogen and oxygen atoms in total. The smallest absolute Gasteiger partial charge is 0.408 e. The Hall–Kier alpha value is -5.18. The molecule has 232 valence electrons. The zero-order chi connectivity index (χ0) is 32.4. The summed E-state index contributed by atoms with van der Waals surface area (Å²) in [6.07, 6.45) is -0.565. The van der Waals surface area contributed by atoms with Gasteiger partial charge in [-0.15, -0.1) is 0 Å². The Balaban J connectivity index is 1.47. The summed E-state index contributed by atoms with van der Waals surface area (Å²) in [6, 6.07) is 25.1. The number of fused-ring (bicyclic) bond motifs is 1. The summed E-state index contributed by atoms with van der Waals surface area (Å²) < 4.78 is 31.7. The highest BCUT2D eigenvalue weighted by atomic mass is 19.1. The molecule has 4 aromatic rings. The third-order valence-electron chi connectivity index (χ3n) is 7.61. The second-order valence-corrected chi connectivity index (χ2v) is 11.9. The Bertz CT molecular complexity index is 1720. The number of methoxy groups -OCH3 is 1. The quantitative estimate of drug-likeness (QED) is 0.175. The summed E-state index contributed by atoms with van der Waals surface area (Å²) in [4.78, 5) is 39.8. The lowest BCUT2D eigenvalue weighted by atomic mass is 9.70. The minimum atomic E-state index is -1.38. The number of nitrogens with one attached hydrogen (secondary N) is 2. The maximum atomic E-state index is 15.3. The van der Waals surface area contributed by atoms with Crippen LogP contribution in [0.1, 0.15) is 48.6 Å². The molecule has 0 saturated heterocycles. The van der Waals surface area contributed by atoms with Crippen LogP contribution in [0.25, 0.3) is 0 Å². The summed E-state index contributed by atoms with van der Waals surface area (Å²) >= 11 is 0. The van der Waals surface area contributed by atoms with Gasteiger partial charge >= 0.3 is 12.1 Å². The fourth-order valence-electron chi connectivity index (χ4n) is 5.48. The van der Waals surface area contributed by atoms with Crippen molar-refractivity contribution in [2.75, 3.05) is 12.4 Å². The highest BCUT2D eigenvalue weighted by Gasteiger charge is 2.51. The van der Waals surface area contributed by atoms with Crippen LogP contribution < -0.4 is 20.1 Å². The molecule has 2 unspecified atom stereocenters. The molecule has 0 bridgehead atoms. The molecule has 2 amide bonds. The number of carbonyl (C=O) groups is 3. The van der Waals surface area contributed by atoms with Gasteiger partial charge in [0.25, 0.3) is 0 Å². The van der Waals surface area contributed by atoms with E-state index in [9.17, 15) is 14.4 Å². The average molecular weight is 611 g/mol. The SMILES string of the molecule is COc1ccc(C2(c3ccc(OC(=O)C(Cc4ccccc4)NC(=O)OC(C)(C)C)cc3)C(=O)Nc3c2ccc(C)c3F)cc1. The van der Waals surface area contributed by atoms with Crippen LogP contribution in [0, 0.1) is 12.7 Å². The van der Waals surface area contributed by atoms with Crippen LogP contribution in [0.3, 0.4) is 0 Å². The van der Waals surface area contributed by atoms with E-state index in [1.54, 1.807) is 95.5 Å². The second-order valence-electron chi connectivity index (χ2n) is 11.9. The number of esters is 1. The number of halogens is 1. The highest BCUT2D eigenvalue weighted by molar-refractivity contribution is 6.11. The number of anilines is 1. The maximum absolute atomic E-state index is 15.3. The number of aryl methyl sites for hydroxylation is 1. The Kier molecular flexibility index (Phi) is 8.64. The van der Waals surface area contributed by atoms with E-state index in [-0.39, 0.29) is 17.9 Å². The summed E-state index contributed by atoms with van der Waals surface area (Å²) in [5.41, 5.74) is 0.836. The number of carbonyl (C=O) groups excluding carboxylic acids is 3. The standard InChI is InChI=1S/C36H35FN2O6/c1-22-11-20-28-31(30(22)37)39-33(41)36(28,24-12-16-26(43-5)17-13-24)25-14-18-27(19-15-25)44-32(40)29(21-23-9-7-6-8-10-23)38-34(42)45-35(2,3)4/h6-20,29H,21H2,1-5H3,(H,38,42)(H,39,41). The van der Waals surface area contributed by atoms with Crippen LogP contribution in [0.15, 0.2) is 91.0 Å². The molecule has 1 heterocycles. The van der Waals surface area contributed by atoms with Gasteiger partial charge < -0.3 is 24.8 Å². The predicted octanol–water partition coefficient (Wildman–Crippen LogP) is 6.47. The van der Waals surface area contributed by atoms with E-state index in [0.717, 1.165) is 5.56 Å². The van der Waals surface area contributed by atoms with Crippen molar-refractivity contribution in [3.8, 4) is 11.5 Å². The van der Waals surface area contributed by atoms with E-state index in [1.165, 1.54) is 0 Å². The van der Waals surface area contributed by atoms with Crippen molar-refractivity contribution in [2.24, 2.45) is 0 Å². The van der Waals surface area contributed by atoms with Gasteiger partial charge in [0, 0.05) is 12.0 Å². The van der Waals surface area contributed by atoms with Gasteiger partial charge in [0.1, 0.15) is 34.4 Å². The van der Waals surface area contributed by atoms with Gasteiger partial charge in [-0.25, -0.2) is 14.0 Å². The number of benzene rings is 4. The van der Waals surface area contributed by atoms with Gasteiger partial charge in [0.15, 0.2) is 0 Å². The van der Waals surface area contributed by atoms with Crippen LogP contribution in [0.5, 0.6) is 11.5 Å². The molecule has 0 aromatic heterocycles. The monoisotopic (exact) mass is 610 g/mol. The van der Waals surface area contributed by atoms with Gasteiger partial charge in [0.05, 0.1) is 12.8 Å². The van der Waals surface area contributed by atoms with E-state index in [2.05, 4.69) is 10.6 Å². The zero-order valence-corrected chi connectivity index (χ0v) is 25.8. The minimum absolute atomic E-state index is 0.128. The lowest BCUT2D eigenvalue weighted by Gasteiger charge is -2.29. The van der Waals surface area contributed by atoms with Crippen molar-refractivity contribution in [3.05, 3.63) is 125 Å². The molecule has 5 rings (SSSR count). The van der Waals surface area contributed by atoms with Gasteiger partial charge in [-0.05, 0) is 74.2 Å². The van der Waals surface area contributed by atoms with Crippen LogP contribution >= 0.6 is 0 Å². The van der Waals surface area contributed by atoms with Crippen molar-refractivity contribution >= 4 is 23.7 Å². The topological polar surface area (TPSA) is 103 Å². The number of alkyl carbamates (subject to hydrolysis) is 1. The molecule has 1 aliphatic heterocycles. The lowest BCUT2D eigenvalue weighted by Crippen LogP contribution is -2.46. The summed E-state index contributed by atoms with van der Waals surface area (Å²) in [5, 5.41) is 5.39. The third-order valence-corrected chi connectivity index (χ3v) is 7.61. The number of hydrogen-bond acceptors (Lipinski definition) is 6. The van der Waals surface area contributed by atoms with E-state index in [4.69, 9.17) is 14.2 Å². The van der Waals surface area contributed by atoms with E-state index in [1.807, 2.05) is 30.3 Å². The number of hydrogen-bond donors (Lipinski definition) is 2. The molecule has 0 saturated carbocycles. The van der Waals surface area contributed by atoms with E-state index in [0.29, 0.717) is 28.0 Å². The first-order chi connectivity index (χ1) is 21.4. The zero-order valence-electron chi connectivity index (χ0n) is 25.8. The summed E-state index contributed by atoms with van der Waals surface area (Å²) in [5.74, 6) is -0.796. The molecular weight excluding hydrogens is 575 g/mol. The van der Waals surface area contributed by atoms with Crippen LogP contribution in [-0.2, 0) is 26.2 Å². The Labute approximate surface area is 261 Å². The van der Waals surface area contributed by atoms with Crippen LogP contribution in [0.4, 0.5) is 14.9 Å². The van der Waals surface area contributed by atoms with E-state index < -0.39 is 40.8 Å². The van der Waals surface area contributed by atoms with Gasteiger partial charge in [0.2, 0.25) is 5.91 Å². The van der Waals surface area contributed by atoms with Crippen molar-refractivity contribution in [3.63, 3.8) is 0 Å². The molecule has 2 atom stereocenters. The highest BCUT2D eigenvalue weighted by Crippen LogP contribution is 2.49. The van der Waals surface area contributed by atoms with Gasteiger partial charge in [-0.3, -0.25) is 4.79 Å². The normalized spacial score (nSPS) is 16.3. The van der Waals surface area contributed by atoms with Gasteiger partial charge in [-0.2, -0.15) is 0 Å². The predicted molar refractivity (Wildman–Crippen MR) is 168 cm³/mol. The molecule has 0 radical (unpaired) electrons. The molecular formula is C36H35FN2O6. The molecule has 2 N–H and O–H groups in total. The van der Waals surface area contributed by atoms with Crippen molar-refractivity contribution in [1.29, 1.82) is 0 Å².